The second-order valence-corrected chi connectivity index (χ2v) is 3.92. The summed E-state index contributed by atoms with van der Waals surface area (Å²) in [5.41, 5.74) is -0.108. The summed E-state index contributed by atoms with van der Waals surface area (Å²) < 4.78 is 0. The van der Waals surface area contributed by atoms with Gasteiger partial charge in [-0.3, -0.25) is 0 Å². The quantitative estimate of drug-likeness (QED) is 0.541. The summed E-state index contributed by atoms with van der Waals surface area (Å²) in [6.07, 6.45) is 6.15. The zero-order chi connectivity index (χ0) is 10.6. The van der Waals surface area contributed by atoms with Gasteiger partial charge in [-0.25, -0.2) is 4.79 Å². The van der Waals surface area contributed by atoms with Gasteiger partial charge in [-0.2, -0.15) is 5.26 Å². The number of aliphatic carboxylic acids is 1. The van der Waals surface area contributed by atoms with Crippen molar-refractivity contribution in [3.63, 3.8) is 0 Å². The maximum Gasteiger partial charge on any atom is 0.346 e. The summed E-state index contributed by atoms with van der Waals surface area (Å²) in [5, 5.41) is 17.3. The summed E-state index contributed by atoms with van der Waals surface area (Å²) in [7, 11) is 0. The van der Waals surface area contributed by atoms with Gasteiger partial charge >= 0.3 is 5.97 Å². The maximum absolute atomic E-state index is 10.6. The molecule has 1 aliphatic rings. The molecule has 0 amide bonds. The third-order valence-corrected chi connectivity index (χ3v) is 2.91. The highest BCUT2D eigenvalue weighted by molar-refractivity contribution is 5.90. The first-order valence-corrected chi connectivity index (χ1v) is 5.00. The molecule has 1 saturated carbocycles. The van der Waals surface area contributed by atoms with E-state index in [1.165, 1.54) is 6.42 Å². The predicted octanol–water partition coefficient (Wildman–Crippen LogP) is 2.35. The van der Waals surface area contributed by atoms with Gasteiger partial charge in [-0.05, 0) is 18.3 Å². The zero-order valence-corrected chi connectivity index (χ0v) is 8.36. The minimum atomic E-state index is -1.11. The minimum absolute atomic E-state index is 0.108. The molecule has 0 aromatic carbocycles. The average molecular weight is 193 g/mol. The highest BCUT2D eigenvalue weighted by Crippen LogP contribution is 2.31. The van der Waals surface area contributed by atoms with Crippen molar-refractivity contribution in [2.45, 2.75) is 32.6 Å². The molecule has 0 aliphatic heterocycles. The maximum atomic E-state index is 10.6. The van der Waals surface area contributed by atoms with Crippen molar-refractivity contribution in [2.75, 3.05) is 0 Å². The van der Waals surface area contributed by atoms with Crippen LogP contribution in [-0.4, -0.2) is 11.1 Å². The SMILES string of the molecule is CC1CCCCC1/C=C(/C#N)C(=O)O. The van der Waals surface area contributed by atoms with Crippen molar-refractivity contribution < 1.29 is 9.90 Å². The number of carboxylic acid groups (broad SMARTS) is 1. The van der Waals surface area contributed by atoms with Crippen molar-refractivity contribution in [2.24, 2.45) is 11.8 Å². The first-order chi connectivity index (χ1) is 6.65. The van der Waals surface area contributed by atoms with E-state index in [1.54, 1.807) is 12.1 Å². The van der Waals surface area contributed by atoms with E-state index in [9.17, 15) is 4.79 Å². The third kappa shape index (κ3) is 2.59. The van der Waals surface area contributed by atoms with E-state index < -0.39 is 5.97 Å². The fourth-order valence-electron chi connectivity index (χ4n) is 1.96. The topological polar surface area (TPSA) is 61.1 Å². The van der Waals surface area contributed by atoms with E-state index in [-0.39, 0.29) is 11.5 Å². The number of carbonyl (C=O) groups is 1. The molecule has 3 nitrogen and oxygen atoms in total. The van der Waals surface area contributed by atoms with Crippen LogP contribution in [0, 0.1) is 23.2 Å². The van der Waals surface area contributed by atoms with Crippen LogP contribution in [0.15, 0.2) is 11.6 Å². The monoisotopic (exact) mass is 193 g/mol. The van der Waals surface area contributed by atoms with Crippen LogP contribution in [0.2, 0.25) is 0 Å². The fraction of sp³-hybridized carbons (Fsp3) is 0.636. The second-order valence-electron chi connectivity index (χ2n) is 3.92. The summed E-state index contributed by atoms with van der Waals surface area (Å²) in [4.78, 5) is 10.6. The first-order valence-electron chi connectivity index (χ1n) is 5.00. The Bertz CT molecular complexity index is 288. The number of rotatable bonds is 2. The lowest BCUT2D eigenvalue weighted by Gasteiger charge is -2.25. The van der Waals surface area contributed by atoms with Crippen molar-refractivity contribution in [1.29, 1.82) is 5.26 Å². The molecule has 3 heteroatoms. The first kappa shape index (κ1) is 10.8. The van der Waals surface area contributed by atoms with Crippen molar-refractivity contribution in [3.05, 3.63) is 11.6 Å². The van der Waals surface area contributed by atoms with Crippen LogP contribution in [-0.2, 0) is 4.79 Å². The standard InChI is InChI=1S/C11H15NO2/c1-8-4-2-3-5-9(8)6-10(7-12)11(13)14/h6,8-9H,2-5H2,1H3,(H,13,14)/b10-6-. The molecule has 0 saturated heterocycles. The lowest BCUT2D eigenvalue weighted by Crippen LogP contribution is -2.16. The van der Waals surface area contributed by atoms with E-state index in [0.717, 1.165) is 19.3 Å². The molecular formula is C11H15NO2. The van der Waals surface area contributed by atoms with E-state index in [1.807, 2.05) is 0 Å². The molecule has 1 N–H and O–H groups in total. The highest BCUT2D eigenvalue weighted by atomic mass is 16.4. The summed E-state index contributed by atoms with van der Waals surface area (Å²) in [6.45, 7) is 2.12. The van der Waals surface area contributed by atoms with Gasteiger partial charge in [0, 0.05) is 0 Å². The summed E-state index contributed by atoms with van der Waals surface area (Å²) in [5.74, 6) is -0.328. The minimum Gasteiger partial charge on any atom is -0.477 e. The zero-order valence-electron chi connectivity index (χ0n) is 8.36. The Morgan fingerprint density at radius 3 is 2.64 bits per heavy atom. The van der Waals surface area contributed by atoms with Crippen LogP contribution < -0.4 is 0 Å². The van der Waals surface area contributed by atoms with Crippen LogP contribution in [0.4, 0.5) is 0 Å². The Balaban J connectivity index is 2.73. The second kappa shape index (κ2) is 4.80. The molecule has 0 spiro atoms. The van der Waals surface area contributed by atoms with Crippen LogP contribution in [0.5, 0.6) is 0 Å². The van der Waals surface area contributed by atoms with E-state index in [2.05, 4.69) is 6.92 Å². The molecule has 0 aromatic heterocycles. The molecule has 1 fully saturated rings. The van der Waals surface area contributed by atoms with Crippen LogP contribution in [0.25, 0.3) is 0 Å². The fourth-order valence-corrected chi connectivity index (χ4v) is 1.96. The Morgan fingerprint density at radius 1 is 1.50 bits per heavy atom. The van der Waals surface area contributed by atoms with Crippen LogP contribution >= 0.6 is 0 Å². The number of carboxylic acids is 1. The van der Waals surface area contributed by atoms with E-state index >= 15 is 0 Å². The lowest BCUT2D eigenvalue weighted by molar-refractivity contribution is -0.132. The smallest absolute Gasteiger partial charge is 0.346 e. The van der Waals surface area contributed by atoms with Gasteiger partial charge in [0.1, 0.15) is 11.6 Å². The molecule has 0 radical (unpaired) electrons. The number of hydrogen-bond acceptors (Lipinski definition) is 2. The molecule has 0 aromatic rings. The third-order valence-electron chi connectivity index (χ3n) is 2.91. The molecule has 2 unspecified atom stereocenters. The van der Waals surface area contributed by atoms with Gasteiger partial charge < -0.3 is 5.11 Å². The van der Waals surface area contributed by atoms with Gasteiger partial charge in [0.05, 0.1) is 0 Å². The lowest BCUT2D eigenvalue weighted by atomic mass is 9.79. The summed E-state index contributed by atoms with van der Waals surface area (Å²) in [6, 6.07) is 1.73. The van der Waals surface area contributed by atoms with Crippen molar-refractivity contribution in [1.82, 2.24) is 0 Å². The van der Waals surface area contributed by atoms with Crippen molar-refractivity contribution >= 4 is 5.97 Å². The highest BCUT2D eigenvalue weighted by Gasteiger charge is 2.21. The Labute approximate surface area is 84.0 Å². The molecule has 76 valence electrons. The molecule has 2 atom stereocenters. The number of allylic oxidation sites excluding steroid dienone is 1. The Morgan fingerprint density at radius 2 is 2.14 bits per heavy atom. The number of nitriles is 1. The van der Waals surface area contributed by atoms with Gasteiger partial charge in [0.2, 0.25) is 0 Å². The van der Waals surface area contributed by atoms with Crippen LogP contribution in [0.1, 0.15) is 32.6 Å². The van der Waals surface area contributed by atoms with Gasteiger partial charge in [-0.15, -0.1) is 0 Å². The molecule has 0 bridgehead atoms. The number of hydrogen-bond donors (Lipinski definition) is 1. The molecular weight excluding hydrogens is 178 g/mol. The van der Waals surface area contributed by atoms with Gasteiger partial charge in [-0.1, -0.05) is 32.3 Å². The van der Waals surface area contributed by atoms with E-state index in [4.69, 9.17) is 10.4 Å². The molecule has 1 aliphatic carbocycles. The largest absolute Gasteiger partial charge is 0.477 e. The normalized spacial score (nSPS) is 28.1. The Hall–Kier alpha value is -1.30. The Kier molecular flexibility index (Phi) is 3.70. The molecule has 1 rings (SSSR count). The van der Waals surface area contributed by atoms with E-state index in [0.29, 0.717) is 5.92 Å². The predicted molar refractivity (Wildman–Crippen MR) is 52.5 cm³/mol. The molecule has 14 heavy (non-hydrogen) atoms. The van der Waals surface area contributed by atoms with Crippen molar-refractivity contribution in [3.8, 4) is 6.07 Å². The summed E-state index contributed by atoms with van der Waals surface area (Å²) >= 11 is 0. The number of nitrogens with zero attached hydrogens (tertiary/aromatic N) is 1. The average Bonchev–Trinajstić information content (AvgIpc) is 2.16. The van der Waals surface area contributed by atoms with Crippen LogP contribution in [0.3, 0.4) is 0 Å². The van der Waals surface area contributed by atoms with Gasteiger partial charge in [0.25, 0.3) is 0 Å². The molecule has 0 heterocycles. The van der Waals surface area contributed by atoms with Gasteiger partial charge in [0.15, 0.2) is 0 Å².